The fourth-order valence-electron chi connectivity index (χ4n) is 2.86. The van der Waals surface area contributed by atoms with Gasteiger partial charge in [-0.25, -0.2) is 0 Å². The van der Waals surface area contributed by atoms with Crippen LogP contribution in [-0.4, -0.2) is 42.0 Å². The van der Waals surface area contributed by atoms with Gasteiger partial charge in [-0.05, 0) is 24.1 Å². The molecule has 0 radical (unpaired) electrons. The van der Waals surface area contributed by atoms with Gasteiger partial charge < -0.3 is 15.0 Å². The molecule has 1 aromatic heterocycles. The average molecular weight is 328 g/mol. The first-order chi connectivity index (χ1) is 11.6. The van der Waals surface area contributed by atoms with Crippen molar-refractivity contribution in [2.75, 3.05) is 30.5 Å². The lowest BCUT2D eigenvalue weighted by molar-refractivity contribution is 0.0977. The molecule has 2 aromatic rings. The first-order valence-electron chi connectivity index (χ1n) is 8.30. The van der Waals surface area contributed by atoms with Crippen molar-refractivity contribution >= 4 is 17.3 Å². The Balaban J connectivity index is 1.86. The van der Waals surface area contributed by atoms with Gasteiger partial charge in [0.1, 0.15) is 0 Å². The highest BCUT2D eigenvalue weighted by molar-refractivity contribution is 6.07. The number of methoxy groups -OCH3 is 1. The van der Waals surface area contributed by atoms with Crippen molar-refractivity contribution in [2.24, 2.45) is 5.92 Å². The number of para-hydroxylation sites is 2. The van der Waals surface area contributed by atoms with Crippen molar-refractivity contribution in [3.05, 3.63) is 42.2 Å². The minimum absolute atomic E-state index is 0.0641. The van der Waals surface area contributed by atoms with Gasteiger partial charge in [-0.3, -0.25) is 9.48 Å². The standard InChI is InChI=1S/C18H24N4O2/c1-13(2)16-12-22(17-7-5-4-6-14(17)19-16)18(23)15-8-9-21(20-15)10-11-24-3/h4-9,13,16,19H,10-12H2,1-3H3/t16-/m1/s1. The van der Waals surface area contributed by atoms with E-state index in [9.17, 15) is 4.79 Å². The predicted octanol–water partition coefficient (Wildman–Crippen LogP) is 2.63. The van der Waals surface area contributed by atoms with Crippen LogP contribution in [0.4, 0.5) is 11.4 Å². The molecule has 1 aliphatic rings. The molecule has 0 bridgehead atoms. The van der Waals surface area contributed by atoms with Crippen LogP contribution in [0.15, 0.2) is 36.5 Å². The molecule has 128 valence electrons. The van der Waals surface area contributed by atoms with Gasteiger partial charge >= 0.3 is 0 Å². The molecule has 1 aliphatic heterocycles. The zero-order chi connectivity index (χ0) is 17.1. The number of aromatic nitrogens is 2. The number of hydrogen-bond donors (Lipinski definition) is 1. The van der Waals surface area contributed by atoms with Gasteiger partial charge in [0.15, 0.2) is 5.69 Å². The third kappa shape index (κ3) is 3.28. The first kappa shape index (κ1) is 16.5. The van der Waals surface area contributed by atoms with E-state index in [1.165, 1.54) is 0 Å². The van der Waals surface area contributed by atoms with E-state index in [2.05, 4.69) is 24.3 Å². The molecule has 0 fully saturated rings. The van der Waals surface area contributed by atoms with E-state index in [0.717, 1.165) is 11.4 Å². The van der Waals surface area contributed by atoms with E-state index < -0.39 is 0 Å². The Morgan fingerprint density at radius 1 is 1.38 bits per heavy atom. The fraction of sp³-hybridized carbons (Fsp3) is 0.444. The van der Waals surface area contributed by atoms with Gasteiger partial charge in [0.2, 0.25) is 0 Å². The predicted molar refractivity (Wildman–Crippen MR) is 94.5 cm³/mol. The quantitative estimate of drug-likeness (QED) is 0.916. The minimum Gasteiger partial charge on any atom is -0.383 e. The van der Waals surface area contributed by atoms with Gasteiger partial charge in [-0.1, -0.05) is 26.0 Å². The van der Waals surface area contributed by atoms with Crippen LogP contribution >= 0.6 is 0 Å². The number of ether oxygens (including phenoxy) is 1. The maximum Gasteiger partial charge on any atom is 0.278 e. The highest BCUT2D eigenvalue weighted by Crippen LogP contribution is 2.33. The summed E-state index contributed by atoms with van der Waals surface area (Å²) in [6.45, 7) is 6.16. The summed E-state index contributed by atoms with van der Waals surface area (Å²) in [7, 11) is 1.65. The highest BCUT2D eigenvalue weighted by Gasteiger charge is 2.30. The van der Waals surface area contributed by atoms with Gasteiger partial charge in [0, 0.05) is 25.9 Å². The van der Waals surface area contributed by atoms with Crippen LogP contribution in [0.1, 0.15) is 24.3 Å². The fourth-order valence-corrected chi connectivity index (χ4v) is 2.86. The number of carbonyl (C=O) groups is 1. The van der Waals surface area contributed by atoms with Gasteiger partial charge in [-0.15, -0.1) is 0 Å². The second-order valence-electron chi connectivity index (χ2n) is 6.38. The van der Waals surface area contributed by atoms with Crippen molar-refractivity contribution in [3.8, 4) is 0 Å². The second-order valence-corrected chi connectivity index (χ2v) is 6.38. The average Bonchev–Trinajstić information content (AvgIpc) is 3.07. The molecular weight excluding hydrogens is 304 g/mol. The van der Waals surface area contributed by atoms with Crippen LogP contribution in [0.5, 0.6) is 0 Å². The number of carbonyl (C=O) groups excluding carboxylic acids is 1. The maximum absolute atomic E-state index is 13.0. The Hall–Kier alpha value is -2.34. The SMILES string of the molecule is COCCn1ccc(C(=O)N2C[C@H](C(C)C)Nc3ccccc32)n1. The lowest BCUT2D eigenvalue weighted by Gasteiger charge is -2.37. The van der Waals surface area contributed by atoms with E-state index in [0.29, 0.717) is 31.3 Å². The van der Waals surface area contributed by atoms with Gasteiger partial charge in [-0.2, -0.15) is 5.10 Å². The molecule has 6 nitrogen and oxygen atoms in total. The molecule has 0 saturated carbocycles. The number of nitrogens with one attached hydrogen (secondary N) is 1. The van der Waals surface area contributed by atoms with Crippen molar-refractivity contribution < 1.29 is 9.53 Å². The third-order valence-electron chi connectivity index (χ3n) is 4.35. The zero-order valence-electron chi connectivity index (χ0n) is 14.4. The van der Waals surface area contributed by atoms with E-state index in [1.54, 1.807) is 17.9 Å². The normalized spacial score (nSPS) is 16.8. The topological polar surface area (TPSA) is 59.4 Å². The Kier molecular flexibility index (Phi) is 4.85. The summed E-state index contributed by atoms with van der Waals surface area (Å²) < 4.78 is 6.80. The van der Waals surface area contributed by atoms with Crippen LogP contribution < -0.4 is 10.2 Å². The van der Waals surface area contributed by atoms with E-state index in [1.807, 2.05) is 35.4 Å². The van der Waals surface area contributed by atoms with Crippen molar-refractivity contribution in [1.82, 2.24) is 9.78 Å². The minimum atomic E-state index is -0.0641. The molecule has 1 atom stereocenters. The third-order valence-corrected chi connectivity index (χ3v) is 4.35. The summed E-state index contributed by atoms with van der Waals surface area (Å²) in [5.41, 5.74) is 2.37. The van der Waals surface area contributed by atoms with Crippen LogP contribution in [0, 0.1) is 5.92 Å². The van der Waals surface area contributed by atoms with Crippen LogP contribution in [0.3, 0.4) is 0 Å². The Morgan fingerprint density at radius 3 is 2.92 bits per heavy atom. The molecule has 0 saturated heterocycles. The molecule has 6 heteroatoms. The van der Waals surface area contributed by atoms with E-state index >= 15 is 0 Å². The first-order valence-corrected chi connectivity index (χ1v) is 8.30. The van der Waals surface area contributed by atoms with Gasteiger partial charge in [0.05, 0.1) is 24.5 Å². The molecule has 3 rings (SSSR count). The lowest BCUT2D eigenvalue weighted by atomic mass is 9.99. The summed E-state index contributed by atoms with van der Waals surface area (Å²) in [6.07, 6.45) is 1.82. The lowest BCUT2D eigenvalue weighted by Crippen LogP contribution is -2.47. The summed E-state index contributed by atoms with van der Waals surface area (Å²) in [4.78, 5) is 14.8. The molecule has 1 N–H and O–H groups in total. The van der Waals surface area contributed by atoms with Crippen molar-refractivity contribution in [3.63, 3.8) is 0 Å². The number of rotatable bonds is 5. The largest absolute Gasteiger partial charge is 0.383 e. The van der Waals surface area contributed by atoms with Crippen LogP contribution in [0.25, 0.3) is 0 Å². The van der Waals surface area contributed by atoms with Crippen LogP contribution in [-0.2, 0) is 11.3 Å². The number of amides is 1. The van der Waals surface area contributed by atoms with Crippen molar-refractivity contribution in [2.45, 2.75) is 26.4 Å². The number of nitrogens with zero attached hydrogens (tertiary/aromatic N) is 3. The number of benzene rings is 1. The molecule has 1 amide bonds. The highest BCUT2D eigenvalue weighted by atomic mass is 16.5. The molecule has 1 aromatic carbocycles. The number of fused-ring (bicyclic) bond motifs is 1. The van der Waals surface area contributed by atoms with Crippen molar-refractivity contribution in [1.29, 1.82) is 0 Å². The summed E-state index contributed by atoms with van der Waals surface area (Å²) in [5.74, 6) is 0.360. The maximum atomic E-state index is 13.0. The van der Waals surface area contributed by atoms with Gasteiger partial charge in [0.25, 0.3) is 5.91 Å². The molecule has 24 heavy (non-hydrogen) atoms. The van der Waals surface area contributed by atoms with E-state index in [4.69, 9.17) is 4.74 Å². The molecule has 0 unspecified atom stereocenters. The van der Waals surface area contributed by atoms with E-state index in [-0.39, 0.29) is 11.9 Å². The Labute approximate surface area is 142 Å². The Morgan fingerprint density at radius 2 is 2.17 bits per heavy atom. The summed E-state index contributed by atoms with van der Waals surface area (Å²) in [5, 5.41) is 7.92. The number of anilines is 2. The zero-order valence-corrected chi connectivity index (χ0v) is 14.4. The van der Waals surface area contributed by atoms with Crippen LogP contribution in [0.2, 0.25) is 0 Å². The monoisotopic (exact) mass is 328 g/mol. The summed E-state index contributed by atoms with van der Waals surface area (Å²) in [6, 6.07) is 9.91. The molecule has 0 aliphatic carbocycles. The second kappa shape index (κ2) is 7.05. The molecule has 0 spiro atoms. The number of hydrogen-bond acceptors (Lipinski definition) is 4. The Bertz CT molecular complexity index is 711. The summed E-state index contributed by atoms with van der Waals surface area (Å²) >= 11 is 0. The molecule has 2 heterocycles. The molecular formula is C18H24N4O2. The smallest absolute Gasteiger partial charge is 0.278 e.